The van der Waals surface area contributed by atoms with Crippen LogP contribution >= 0.6 is 0 Å². The van der Waals surface area contributed by atoms with Gasteiger partial charge < -0.3 is 14.2 Å². The first kappa shape index (κ1) is 50.2. The Hall–Kier alpha value is -3.22. The number of fused-ring (bicyclic) bond motifs is 5. The van der Waals surface area contributed by atoms with Crippen molar-refractivity contribution in [3.8, 4) is 11.5 Å². The molecule has 4 aliphatic carbocycles. The zero-order valence-electron chi connectivity index (χ0n) is 40.8. The van der Waals surface area contributed by atoms with E-state index in [1.165, 1.54) is 145 Å². The molecular weight excluding hydrogens is 803 g/mol. The van der Waals surface area contributed by atoms with E-state index < -0.39 is 23.6 Å². The molecule has 0 aliphatic heterocycles. The summed E-state index contributed by atoms with van der Waals surface area (Å²) in [4.78, 5) is 26.3. The molecule has 2 aromatic carbocycles. The normalized spacial score (nSPS) is 26.7. The van der Waals surface area contributed by atoms with Crippen molar-refractivity contribution >= 4 is 11.9 Å². The van der Waals surface area contributed by atoms with Crippen LogP contribution in [-0.2, 0) is 4.74 Å². The second-order valence-corrected chi connectivity index (χ2v) is 21.7. The van der Waals surface area contributed by atoms with Gasteiger partial charge >= 0.3 is 11.9 Å². The highest BCUT2D eigenvalue weighted by molar-refractivity contribution is 5.92. The third-order valence-electron chi connectivity index (χ3n) is 16.8. The monoisotopic (exact) mass is 887 g/mol. The molecule has 0 saturated heterocycles. The number of halogens is 2. The lowest BCUT2D eigenvalue weighted by atomic mass is 9.47. The van der Waals surface area contributed by atoms with Crippen molar-refractivity contribution in [1.82, 2.24) is 0 Å². The highest BCUT2D eigenvalue weighted by Gasteiger charge is 2.59. The molecule has 0 radical (unpaired) electrons. The van der Waals surface area contributed by atoms with Crippen LogP contribution in [0.2, 0.25) is 0 Å². The molecule has 8 atom stereocenters. The third-order valence-corrected chi connectivity index (χ3v) is 16.8. The Balaban J connectivity index is 0.910. The average molecular weight is 887 g/mol. The van der Waals surface area contributed by atoms with Crippen molar-refractivity contribution in [3.05, 3.63) is 70.8 Å². The summed E-state index contributed by atoms with van der Waals surface area (Å²) >= 11 is 0. The highest BCUT2D eigenvalue weighted by atomic mass is 19.1. The number of hydrogen-bond donors (Lipinski definition) is 0. The average Bonchev–Trinajstić information content (AvgIpc) is 3.62. The van der Waals surface area contributed by atoms with Crippen LogP contribution in [0, 0.1) is 58.0 Å². The zero-order valence-corrected chi connectivity index (χ0v) is 40.8. The van der Waals surface area contributed by atoms with Gasteiger partial charge in [-0.3, -0.25) is 0 Å². The van der Waals surface area contributed by atoms with Gasteiger partial charge in [0.25, 0.3) is 0 Å². The van der Waals surface area contributed by atoms with Crippen molar-refractivity contribution < 1.29 is 32.6 Å². The molecular formula is C57H84F2O5. The molecule has 0 bridgehead atoms. The van der Waals surface area contributed by atoms with E-state index in [1.54, 1.807) is 0 Å². The van der Waals surface area contributed by atoms with Gasteiger partial charge in [0.1, 0.15) is 17.7 Å². The van der Waals surface area contributed by atoms with Gasteiger partial charge in [0, 0.05) is 12.5 Å². The fourth-order valence-corrected chi connectivity index (χ4v) is 13.1. The van der Waals surface area contributed by atoms with E-state index in [0.717, 1.165) is 80.2 Å². The van der Waals surface area contributed by atoms with Crippen LogP contribution in [0.4, 0.5) is 8.78 Å². The molecule has 0 N–H and O–H groups in total. The summed E-state index contributed by atoms with van der Waals surface area (Å²) in [5, 5.41) is 0. The number of hydrogen-bond acceptors (Lipinski definition) is 5. The summed E-state index contributed by atoms with van der Waals surface area (Å²) in [7, 11) is 0. The summed E-state index contributed by atoms with van der Waals surface area (Å²) in [5.41, 5.74) is 1.76. The van der Waals surface area contributed by atoms with Crippen LogP contribution in [-0.4, -0.2) is 24.6 Å². The molecule has 0 spiro atoms. The Bertz CT molecular complexity index is 1840. The van der Waals surface area contributed by atoms with Crippen LogP contribution in [0.1, 0.15) is 223 Å². The maximum Gasteiger partial charge on any atom is 0.343 e. The first-order chi connectivity index (χ1) is 30.8. The van der Waals surface area contributed by atoms with Gasteiger partial charge in [-0.25, -0.2) is 18.4 Å². The Labute approximate surface area is 386 Å². The van der Waals surface area contributed by atoms with Crippen molar-refractivity contribution in [2.45, 2.75) is 208 Å². The van der Waals surface area contributed by atoms with E-state index >= 15 is 4.39 Å². The zero-order chi connectivity index (χ0) is 45.7. The summed E-state index contributed by atoms with van der Waals surface area (Å²) in [6.07, 6.45) is 32.8. The Morgan fingerprint density at radius 1 is 0.719 bits per heavy atom. The molecule has 6 rings (SSSR count). The second kappa shape index (κ2) is 24.0. The van der Waals surface area contributed by atoms with Crippen LogP contribution < -0.4 is 9.47 Å². The molecule has 3 saturated carbocycles. The first-order valence-corrected chi connectivity index (χ1v) is 26.2. The minimum atomic E-state index is -0.831. The summed E-state index contributed by atoms with van der Waals surface area (Å²) in [5.74, 6) is 1.56. The maximum atomic E-state index is 15.4. The lowest BCUT2D eigenvalue weighted by Gasteiger charge is -2.58. The minimum absolute atomic E-state index is 0.0188. The number of unbranched alkanes of at least 4 members (excludes halogenated alkanes) is 13. The smallest absolute Gasteiger partial charge is 0.343 e. The number of carbonyl (C=O) groups excluding carboxylic acids is 2. The Morgan fingerprint density at radius 2 is 1.41 bits per heavy atom. The highest BCUT2D eigenvalue weighted by Crippen LogP contribution is 2.67. The lowest BCUT2D eigenvalue weighted by molar-refractivity contribution is -0.0595. The van der Waals surface area contributed by atoms with Crippen LogP contribution in [0.3, 0.4) is 0 Å². The largest absolute Gasteiger partial charge is 0.491 e. The predicted molar refractivity (Wildman–Crippen MR) is 256 cm³/mol. The van der Waals surface area contributed by atoms with Gasteiger partial charge in [-0.15, -0.1) is 0 Å². The standard InChI is InChI=1S/C57H84F2O5/c1-7-8-9-10-11-12-13-14-15-16-17-18-19-20-36-62-53-31-24-42(37-52(53)59)54(60)63-44-26-28-47(51(58)39-44)55(61)64-45-32-34-56(5)43(38-45)25-27-46-49-30-29-48(41(4)23-21-22-40(2)3)57(49,6)35-33-50(46)56/h24-26,28,31,37,39-41,45-46,48-50H,7-23,27,29-30,32-36,38H2,1-6H3/t41-,45+,46+,48-,49+,50+,56+,57-/m1/s1. The van der Waals surface area contributed by atoms with E-state index in [9.17, 15) is 14.0 Å². The summed E-state index contributed by atoms with van der Waals surface area (Å²) in [6, 6.07) is 7.63. The van der Waals surface area contributed by atoms with Gasteiger partial charge in [-0.1, -0.05) is 156 Å². The number of rotatable bonds is 25. The number of allylic oxidation sites excluding steroid dienone is 1. The molecule has 64 heavy (non-hydrogen) atoms. The predicted octanol–water partition coefficient (Wildman–Crippen LogP) is 16.6. The summed E-state index contributed by atoms with van der Waals surface area (Å²) in [6.45, 7) is 15.0. The van der Waals surface area contributed by atoms with Crippen LogP contribution in [0.5, 0.6) is 11.5 Å². The quantitative estimate of drug-likeness (QED) is 0.0430. The number of carbonyl (C=O) groups is 2. The van der Waals surface area contributed by atoms with Crippen molar-refractivity contribution in [3.63, 3.8) is 0 Å². The SMILES string of the molecule is CCCCCCCCCCCCCCCCOc1ccc(C(=O)Oc2ccc(C(=O)O[C@H]3CC[C@@]4(C)C(=CC[C@H]5[C@@H]6CC[C@H]([C@H](C)CCCC(C)C)[C@@]6(C)CC[C@@H]54)C3)c(F)c2)cc1F. The fourth-order valence-electron chi connectivity index (χ4n) is 13.1. The van der Waals surface area contributed by atoms with Gasteiger partial charge in [-0.2, -0.15) is 0 Å². The number of ether oxygens (including phenoxy) is 3. The lowest BCUT2D eigenvalue weighted by Crippen LogP contribution is -2.51. The number of esters is 2. The molecule has 4 aliphatic rings. The van der Waals surface area contributed by atoms with Gasteiger partial charge in [0.05, 0.1) is 17.7 Å². The van der Waals surface area contributed by atoms with Gasteiger partial charge in [0.15, 0.2) is 11.6 Å². The first-order valence-electron chi connectivity index (χ1n) is 26.2. The van der Waals surface area contributed by atoms with Gasteiger partial charge in [0.2, 0.25) is 0 Å². The number of benzene rings is 2. The van der Waals surface area contributed by atoms with E-state index in [4.69, 9.17) is 14.2 Å². The van der Waals surface area contributed by atoms with Crippen molar-refractivity contribution in [2.24, 2.45) is 46.3 Å². The molecule has 0 amide bonds. The topological polar surface area (TPSA) is 61.8 Å². The summed E-state index contributed by atoms with van der Waals surface area (Å²) < 4.78 is 47.4. The second-order valence-electron chi connectivity index (χ2n) is 21.7. The fraction of sp³-hybridized carbons (Fsp3) is 0.719. The van der Waals surface area contributed by atoms with E-state index in [0.29, 0.717) is 24.4 Å². The molecule has 0 aromatic heterocycles. The third kappa shape index (κ3) is 12.8. The van der Waals surface area contributed by atoms with E-state index in [1.807, 2.05) is 0 Å². The van der Waals surface area contributed by atoms with Crippen LogP contribution in [0.25, 0.3) is 0 Å². The van der Waals surface area contributed by atoms with E-state index in [-0.39, 0.29) is 34.1 Å². The molecule has 5 nitrogen and oxygen atoms in total. The van der Waals surface area contributed by atoms with Crippen molar-refractivity contribution in [2.75, 3.05) is 6.61 Å². The molecule has 7 heteroatoms. The maximum absolute atomic E-state index is 15.4. The molecule has 356 valence electrons. The van der Waals surface area contributed by atoms with Crippen molar-refractivity contribution in [1.29, 1.82) is 0 Å². The minimum Gasteiger partial charge on any atom is -0.491 e. The molecule has 3 fully saturated rings. The van der Waals surface area contributed by atoms with Gasteiger partial charge in [-0.05, 0) is 128 Å². The van der Waals surface area contributed by atoms with Crippen LogP contribution in [0.15, 0.2) is 48.0 Å². The van der Waals surface area contributed by atoms with E-state index in [2.05, 4.69) is 47.6 Å². The molecule has 0 unspecified atom stereocenters. The molecule has 2 aromatic rings. The Morgan fingerprint density at radius 3 is 2.06 bits per heavy atom. The molecule has 0 heterocycles. The Kier molecular flexibility index (Phi) is 18.8.